The van der Waals surface area contributed by atoms with E-state index in [1.54, 1.807) is 0 Å². The van der Waals surface area contributed by atoms with Crippen LogP contribution in [0.25, 0.3) is 6.08 Å². The molecule has 0 spiro atoms. The van der Waals surface area contributed by atoms with E-state index in [4.69, 9.17) is 4.74 Å². The summed E-state index contributed by atoms with van der Waals surface area (Å²) in [5.41, 5.74) is 2.25. The average Bonchev–Trinajstić information content (AvgIpc) is 3.01. The zero-order valence-electron chi connectivity index (χ0n) is 13.8. The molecule has 128 valence electrons. The number of halogens is 1. The second kappa shape index (κ2) is 7.30. The van der Waals surface area contributed by atoms with Crippen molar-refractivity contribution in [1.29, 1.82) is 0 Å². The number of rotatable bonds is 4. The maximum absolute atomic E-state index is 13.6. The molecule has 1 saturated heterocycles. The van der Waals surface area contributed by atoms with Crippen LogP contribution in [0.1, 0.15) is 29.7 Å². The van der Waals surface area contributed by atoms with Gasteiger partial charge in [0.15, 0.2) is 0 Å². The zero-order valence-corrected chi connectivity index (χ0v) is 13.8. The number of ether oxygens (including phenoxy) is 1. The summed E-state index contributed by atoms with van der Waals surface area (Å²) in [6.45, 7) is 2.06. The third-order valence-corrected chi connectivity index (χ3v) is 4.10. The minimum absolute atomic E-state index is 0.127. The van der Waals surface area contributed by atoms with E-state index in [9.17, 15) is 14.0 Å². The number of benzene rings is 2. The highest BCUT2D eigenvalue weighted by molar-refractivity contribution is 6.02. The quantitative estimate of drug-likeness (QED) is 0.787. The van der Waals surface area contributed by atoms with Crippen molar-refractivity contribution in [3.05, 3.63) is 77.1 Å². The fraction of sp³-hybridized carbons (Fsp3) is 0.200. The minimum atomic E-state index is -0.669. The lowest BCUT2D eigenvalue weighted by molar-refractivity contribution is -0.124. The molecule has 0 aromatic heterocycles. The number of nitrogens with zero attached hydrogens (tertiary/aromatic N) is 1. The molecule has 1 atom stereocenters. The summed E-state index contributed by atoms with van der Waals surface area (Å²) in [6, 6.07) is 13.4. The molecule has 0 unspecified atom stereocenters. The second-order valence-electron chi connectivity index (χ2n) is 5.79. The highest BCUT2D eigenvalue weighted by Gasteiger charge is 2.37. The summed E-state index contributed by atoms with van der Waals surface area (Å²) in [6.07, 6.45) is 2.81. The van der Waals surface area contributed by atoms with E-state index in [-0.39, 0.29) is 12.4 Å². The van der Waals surface area contributed by atoms with Crippen molar-refractivity contribution in [2.75, 3.05) is 6.61 Å². The Morgan fingerprint density at radius 1 is 1.28 bits per heavy atom. The fourth-order valence-electron chi connectivity index (χ4n) is 2.81. The first-order chi connectivity index (χ1) is 12.1. The van der Waals surface area contributed by atoms with Crippen LogP contribution in [0.3, 0.4) is 0 Å². The van der Waals surface area contributed by atoms with Gasteiger partial charge in [0.05, 0.1) is 0 Å². The van der Waals surface area contributed by atoms with Gasteiger partial charge in [-0.05, 0) is 41.3 Å². The molecule has 0 radical (unpaired) electrons. The Kier molecular flexibility index (Phi) is 4.93. The van der Waals surface area contributed by atoms with E-state index in [2.05, 4.69) is 0 Å². The number of imide groups is 1. The predicted molar refractivity (Wildman–Crippen MR) is 92.2 cm³/mol. The summed E-state index contributed by atoms with van der Waals surface area (Å²) in [4.78, 5) is 25.5. The molecule has 0 bridgehead atoms. The lowest BCUT2D eigenvalue weighted by Crippen LogP contribution is -2.32. The summed E-state index contributed by atoms with van der Waals surface area (Å²) >= 11 is 0. The van der Waals surface area contributed by atoms with Crippen LogP contribution < -0.4 is 0 Å². The van der Waals surface area contributed by atoms with E-state index < -0.39 is 18.0 Å². The van der Waals surface area contributed by atoms with Crippen LogP contribution in [0.4, 0.5) is 9.18 Å². The van der Waals surface area contributed by atoms with Gasteiger partial charge in [-0.25, -0.2) is 14.1 Å². The Morgan fingerprint density at radius 3 is 2.76 bits per heavy atom. The molecule has 0 N–H and O–H groups in total. The molecule has 1 aliphatic rings. The molecule has 3 rings (SSSR count). The Balaban J connectivity index is 1.81. The first kappa shape index (κ1) is 16.9. The Bertz CT molecular complexity index is 817. The van der Waals surface area contributed by atoms with E-state index in [1.165, 1.54) is 24.3 Å². The van der Waals surface area contributed by atoms with Crippen LogP contribution in [-0.2, 0) is 16.0 Å². The topological polar surface area (TPSA) is 46.6 Å². The summed E-state index contributed by atoms with van der Waals surface area (Å²) in [7, 11) is 0. The van der Waals surface area contributed by atoms with Gasteiger partial charge in [-0.2, -0.15) is 0 Å². The highest BCUT2D eigenvalue weighted by Crippen LogP contribution is 2.28. The van der Waals surface area contributed by atoms with Crippen molar-refractivity contribution in [2.24, 2.45) is 0 Å². The average molecular weight is 339 g/mol. The number of amides is 2. The first-order valence-electron chi connectivity index (χ1n) is 8.11. The molecular formula is C20H18FNO3. The van der Waals surface area contributed by atoms with Crippen LogP contribution in [-0.4, -0.2) is 23.5 Å². The molecule has 25 heavy (non-hydrogen) atoms. The van der Waals surface area contributed by atoms with Crippen LogP contribution in [0, 0.1) is 5.82 Å². The molecule has 4 nitrogen and oxygen atoms in total. The van der Waals surface area contributed by atoms with Gasteiger partial charge in [0, 0.05) is 6.08 Å². The smallest absolute Gasteiger partial charge is 0.417 e. The van der Waals surface area contributed by atoms with E-state index in [0.717, 1.165) is 16.0 Å². The van der Waals surface area contributed by atoms with Gasteiger partial charge in [-0.15, -0.1) is 0 Å². The molecule has 0 saturated carbocycles. The number of carbonyl (C=O) groups is 2. The minimum Gasteiger partial charge on any atom is -0.446 e. The Morgan fingerprint density at radius 2 is 2.04 bits per heavy atom. The molecule has 2 aromatic carbocycles. The predicted octanol–water partition coefficient (Wildman–Crippen LogP) is 4.12. The van der Waals surface area contributed by atoms with E-state index in [0.29, 0.717) is 12.0 Å². The molecular weight excluding hydrogens is 321 g/mol. The van der Waals surface area contributed by atoms with Gasteiger partial charge in [0.1, 0.15) is 18.5 Å². The molecule has 2 aromatic rings. The van der Waals surface area contributed by atoms with Gasteiger partial charge in [0.25, 0.3) is 5.91 Å². The van der Waals surface area contributed by atoms with Crippen LogP contribution in [0.5, 0.6) is 0 Å². The fourth-order valence-corrected chi connectivity index (χ4v) is 2.81. The van der Waals surface area contributed by atoms with Crippen molar-refractivity contribution < 1.29 is 18.7 Å². The summed E-state index contributed by atoms with van der Waals surface area (Å²) < 4.78 is 18.6. The molecule has 1 aliphatic heterocycles. The zero-order chi connectivity index (χ0) is 17.8. The molecule has 5 heteroatoms. The normalized spacial score (nSPS) is 17.1. The van der Waals surface area contributed by atoms with Gasteiger partial charge in [-0.3, -0.25) is 4.79 Å². The molecule has 1 heterocycles. The molecule has 1 fully saturated rings. The lowest BCUT2D eigenvalue weighted by atomic mass is 10.1. The van der Waals surface area contributed by atoms with Crippen LogP contribution in [0.15, 0.2) is 54.6 Å². The van der Waals surface area contributed by atoms with Crippen molar-refractivity contribution in [1.82, 2.24) is 4.90 Å². The van der Waals surface area contributed by atoms with Crippen molar-refractivity contribution in [3.63, 3.8) is 0 Å². The standard InChI is InChI=1S/C20H18FNO3/c1-2-14-10-15(12-17(21)11-14)8-9-19(23)22-18(13-25-20(22)24)16-6-4-3-5-7-16/h3-12,18H,2,13H2,1H3/b9-8+/t18-/m0/s1. The van der Waals surface area contributed by atoms with Crippen LogP contribution >= 0.6 is 0 Å². The summed E-state index contributed by atoms with van der Waals surface area (Å²) in [5, 5.41) is 0. The van der Waals surface area contributed by atoms with E-state index >= 15 is 0 Å². The van der Waals surface area contributed by atoms with Crippen molar-refractivity contribution >= 4 is 18.1 Å². The van der Waals surface area contributed by atoms with Gasteiger partial charge in [0.2, 0.25) is 0 Å². The lowest BCUT2D eigenvalue weighted by Gasteiger charge is -2.18. The number of carbonyl (C=O) groups excluding carboxylic acids is 2. The maximum Gasteiger partial charge on any atom is 0.417 e. The highest BCUT2D eigenvalue weighted by atomic mass is 19.1. The number of aryl methyl sites for hydroxylation is 1. The largest absolute Gasteiger partial charge is 0.446 e. The number of hydrogen-bond donors (Lipinski definition) is 0. The Labute approximate surface area is 145 Å². The third kappa shape index (κ3) is 3.76. The van der Waals surface area contributed by atoms with Gasteiger partial charge >= 0.3 is 6.09 Å². The van der Waals surface area contributed by atoms with Crippen LogP contribution in [0.2, 0.25) is 0 Å². The monoisotopic (exact) mass is 339 g/mol. The van der Waals surface area contributed by atoms with Gasteiger partial charge < -0.3 is 4.74 Å². The van der Waals surface area contributed by atoms with Crippen molar-refractivity contribution in [2.45, 2.75) is 19.4 Å². The van der Waals surface area contributed by atoms with E-state index in [1.807, 2.05) is 43.3 Å². The summed E-state index contributed by atoms with van der Waals surface area (Å²) in [5.74, 6) is -0.840. The molecule has 2 amide bonds. The SMILES string of the molecule is CCc1cc(F)cc(/C=C/C(=O)N2C(=O)OC[C@H]2c2ccccc2)c1. The number of hydrogen-bond acceptors (Lipinski definition) is 3. The Hall–Kier alpha value is -2.95. The van der Waals surface area contributed by atoms with Crippen molar-refractivity contribution in [3.8, 4) is 0 Å². The first-order valence-corrected chi connectivity index (χ1v) is 8.11. The second-order valence-corrected chi connectivity index (χ2v) is 5.79. The third-order valence-electron chi connectivity index (χ3n) is 4.10. The molecule has 0 aliphatic carbocycles. The number of cyclic esters (lactones) is 1. The van der Waals surface area contributed by atoms with Gasteiger partial charge in [-0.1, -0.05) is 43.3 Å². The maximum atomic E-state index is 13.6.